The van der Waals surface area contributed by atoms with Crippen molar-refractivity contribution in [2.45, 2.75) is 82.1 Å². The first kappa shape index (κ1) is 39.8. The van der Waals surface area contributed by atoms with Gasteiger partial charge in [0.1, 0.15) is 17.5 Å². The van der Waals surface area contributed by atoms with Gasteiger partial charge < -0.3 is 25.1 Å². The number of fused-ring (bicyclic) bond motifs is 3. The van der Waals surface area contributed by atoms with Gasteiger partial charge in [0.25, 0.3) is 5.91 Å². The minimum absolute atomic E-state index is 0.133. The van der Waals surface area contributed by atoms with Crippen LogP contribution in [0.1, 0.15) is 72.6 Å². The highest BCUT2D eigenvalue weighted by Crippen LogP contribution is 2.39. The normalized spacial score (nSPS) is 23.6. The Kier molecular flexibility index (Phi) is 9.92. The number of imide groups is 1. The second kappa shape index (κ2) is 15.7. The minimum Gasteiger partial charge on any atom is -0.384 e. The van der Waals surface area contributed by atoms with E-state index in [0.717, 1.165) is 81.3 Å². The van der Waals surface area contributed by atoms with Crippen molar-refractivity contribution in [3.05, 3.63) is 95.2 Å². The molecule has 0 radical (unpaired) electrons. The molecule has 15 nitrogen and oxygen atoms in total. The fraction of sp³-hybridized carbons (Fsp3) is 0.447. The highest BCUT2D eigenvalue weighted by molar-refractivity contribution is 6.05. The zero-order chi connectivity index (χ0) is 43.0. The van der Waals surface area contributed by atoms with E-state index in [1.54, 1.807) is 9.47 Å². The maximum atomic E-state index is 15.1. The Labute approximate surface area is 364 Å². The second-order valence-corrected chi connectivity index (χ2v) is 18.1. The van der Waals surface area contributed by atoms with Crippen LogP contribution in [0.4, 0.5) is 27.4 Å². The third-order valence-corrected chi connectivity index (χ3v) is 14.6. The highest BCUT2D eigenvalue weighted by atomic mass is 19.1. The van der Waals surface area contributed by atoms with Gasteiger partial charge in [0, 0.05) is 112 Å². The van der Waals surface area contributed by atoms with Crippen molar-refractivity contribution in [3.63, 3.8) is 0 Å². The van der Waals surface area contributed by atoms with Crippen molar-refractivity contribution in [2.75, 3.05) is 67.5 Å². The molecule has 6 aliphatic rings. The van der Waals surface area contributed by atoms with Crippen molar-refractivity contribution in [1.29, 1.82) is 0 Å². The quantitative estimate of drug-likeness (QED) is 0.179. The molecule has 8 heterocycles. The molecule has 5 aliphatic heterocycles. The summed E-state index contributed by atoms with van der Waals surface area (Å²) in [5, 5.41) is 17.1. The molecule has 326 valence electrons. The molecule has 1 unspecified atom stereocenters. The Morgan fingerprint density at radius 1 is 0.841 bits per heavy atom. The molecular weight excluding hydrogens is 802 g/mol. The summed E-state index contributed by atoms with van der Waals surface area (Å²) in [7, 11) is 0. The van der Waals surface area contributed by atoms with E-state index in [9.17, 15) is 19.5 Å². The van der Waals surface area contributed by atoms with Gasteiger partial charge in [-0.3, -0.25) is 34.1 Å². The van der Waals surface area contributed by atoms with E-state index in [0.29, 0.717) is 71.9 Å². The Balaban J connectivity index is 0.650. The Hall–Kier alpha value is -5.97. The van der Waals surface area contributed by atoms with Gasteiger partial charge in [-0.2, -0.15) is 4.98 Å². The van der Waals surface area contributed by atoms with Crippen LogP contribution in [0.15, 0.2) is 67.0 Å². The van der Waals surface area contributed by atoms with E-state index in [-0.39, 0.29) is 24.1 Å². The smallest absolute Gasteiger partial charge is 0.255 e. The molecule has 16 heteroatoms. The first-order valence-electron chi connectivity index (χ1n) is 22.5. The van der Waals surface area contributed by atoms with Crippen LogP contribution in [-0.2, 0) is 28.2 Å². The lowest BCUT2D eigenvalue weighted by Gasteiger charge is -2.50. The van der Waals surface area contributed by atoms with Crippen molar-refractivity contribution in [3.8, 4) is 5.82 Å². The molecule has 0 bridgehead atoms. The first-order valence-corrected chi connectivity index (χ1v) is 22.5. The summed E-state index contributed by atoms with van der Waals surface area (Å²) in [5.41, 5.74) is 5.85. The average Bonchev–Trinajstić information content (AvgIpc) is 3.92. The molecule has 4 fully saturated rings. The van der Waals surface area contributed by atoms with Gasteiger partial charge in [-0.25, -0.2) is 14.4 Å². The lowest BCUT2D eigenvalue weighted by Crippen LogP contribution is -2.62. The Bertz CT molecular complexity index is 2620. The first-order chi connectivity index (χ1) is 30.6. The number of nitrogens with zero attached hydrogens (tertiary/aromatic N) is 9. The minimum atomic E-state index is -0.971. The number of piperazine rings is 1. The molecule has 11 rings (SSSR count). The van der Waals surface area contributed by atoms with Gasteiger partial charge in [0.2, 0.25) is 17.8 Å². The monoisotopic (exact) mass is 853 g/mol. The number of benzene rings is 2. The van der Waals surface area contributed by atoms with E-state index in [1.807, 2.05) is 43.3 Å². The Morgan fingerprint density at radius 2 is 1.60 bits per heavy atom. The topological polar surface area (TPSA) is 155 Å². The summed E-state index contributed by atoms with van der Waals surface area (Å²) < 4.78 is 16.7. The number of carbonyl (C=O) groups is 3. The van der Waals surface area contributed by atoms with E-state index < -0.39 is 17.5 Å². The van der Waals surface area contributed by atoms with Crippen molar-refractivity contribution >= 4 is 51.8 Å². The highest BCUT2D eigenvalue weighted by Gasteiger charge is 2.41. The Morgan fingerprint density at radius 3 is 2.37 bits per heavy atom. The maximum Gasteiger partial charge on any atom is 0.255 e. The number of hydrogen-bond donors (Lipinski definition) is 3. The summed E-state index contributed by atoms with van der Waals surface area (Å²) in [6.45, 7) is 10.5. The number of carbonyl (C=O) groups excluding carboxylic acids is 3. The number of halogens is 1. The lowest BCUT2D eigenvalue weighted by atomic mass is 9.97. The van der Waals surface area contributed by atoms with Gasteiger partial charge in [-0.1, -0.05) is 13.0 Å². The molecule has 63 heavy (non-hydrogen) atoms. The van der Waals surface area contributed by atoms with Gasteiger partial charge in [0.05, 0.1) is 11.1 Å². The van der Waals surface area contributed by atoms with Gasteiger partial charge in [-0.15, -0.1) is 0 Å². The summed E-state index contributed by atoms with van der Waals surface area (Å²) in [6, 6.07) is 18.7. The molecule has 3 amide bonds. The summed E-state index contributed by atoms with van der Waals surface area (Å²) >= 11 is 0. The number of anilines is 4. The largest absolute Gasteiger partial charge is 0.384 e. The fourth-order valence-corrected chi connectivity index (χ4v) is 10.7. The van der Waals surface area contributed by atoms with E-state index in [1.165, 1.54) is 30.9 Å². The molecule has 3 N–H and O–H groups in total. The zero-order valence-corrected chi connectivity index (χ0v) is 35.5. The van der Waals surface area contributed by atoms with Crippen LogP contribution in [0, 0.1) is 5.82 Å². The van der Waals surface area contributed by atoms with Crippen LogP contribution in [0.25, 0.3) is 16.9 Å². The molecule has 0 saturated carbocycles. The van der Waals surface area contributed by atoms with Crippen molar-refractivity contribution in [2.24, 2.45) is 0 Å². The zero-order valence-electron chi connectivity index (χ0n) is 35.5. The molecule has 5 aromatic rings. The summed E-state index contributed by atoms with van der Waals surface area (Å²) in [4.78, 5) is 62.9. The standard InChI is InChI=1S/C47H52FN11O4/c1-2-47(63)16-13-29-3-11-40(51-42(29)47)59-28-38(48)37-24-49-46(53-43(37)59)50-31-4-6-32(7-5-31)55-19-21-56(22-20-55)33-14-17-54(18-15-33)35-26-57(27-35)34-8-9-36-30(23-34)25-58(45(36)62)39-10-12-41(60)52-44(39)61/h3-9,11,23-24,28,33,35,39,63H,2,10,12-22,25-27H2,1H3,(H,49,50,53)(H,52,60,61)/t39?,47-/m1/s1. The molecule has 0 spiro atoms. The summed E-state index contributed by atoms with van der Waals surface area (Å²) in [5.74, 6) is -0.354. The van der Waals surface area contributed by atoms with Crippen LogP contribution in [0.3, 0.4) is 0 Å². The van der Waals surface area contributed by atoms with Crippen LogP contribution in [-0.4, -0.2) is 128 Å². The molecule has 2 atom stereocenters. The van der Waals surface area contributed by atoms with Crippen LogP contribution >= 0.6 is 0 Å². The molecule has 4 saturated heterocycles. The van der Waals surface area contributed by atoms with Crippen molar-refractivity contribution < 1.29 is 23.9 Å². The van der Waals surface area contributed by atoms with E-state index in [2.05, 4.69) is 53.4 Å². The number of rotatable bonds is 9. The molecule has 1 aliphatic carbocycles. The lowest BCUT2D eigenvalue weighted by molar-refractivity contribution is -0.136. The number of aromatic nitrogens is 4. The van der Waals surface area contributed by atoms with Gasteiger partial charge in [0.15, 0.2) is 11.5 Å². The number of hydrogen-bond acceptors (Lipinski definition) is 12. The third kappa shape index (κ3) is 7.17. The average molecular weight is 854 g/mol. The van der Waals surface area contributed by atoms with Gasteiger partial charge >= 0.3 is 0 Å². The third-order valence-electron chi connectivity index (χ3n) is 14.6. The number of nitrogens with one attached hydrogen (secondary N) is 2. The second-order valence-electron chi connectivity index (χ2n) is 18.1. The van der Waals surface area contributed by atoms with E-state index in [4.69, 9.17) is 9.97 Å². The maximum absolute atomic E-state index is 15.1. The number of aliphatic hydroxyl groups is 1. The predicted octanol–water partition coefficient (Wildman–Crippen LogP) is 4.48. The van der Waals surface area contributed by atoms with Crippen LogP contribution < -0.4 is 20.4 Å². The number of pyridine rings is 1. The van der Waals surface area contributed by atoms with Crippen molar-refractivity contribution in [1.82, 2.24) is 39.5 Å². The number of aryl methyl sites for hydroxylation is 1. The fourth-order valence-electron chi connectivity index (χ4n) is 10.7. The van der Waals surface area contributed by atoms with E-state index >= 15 is 4.39 Å². The SMILES string of the molecule is CC[C@@]1(O)CCc2ccc(-n3cc(F)c4cnc(Nc5ccc(N6CCN(C7CCN(C8CN(c9ccc%10c(c9)CN(C9CCC(=O)NC9=O)C%10=O)C8)CC7)CC6)cc5)nc43)nc21. The predicted molar refractivity (Wildman–Crippen MR) is 236 cm³/mol. The van der Waals surface area contributed by atoms with Gasteiger partial charge in [-0.05, 0) is 98.2 Å². The van der Waals surface area contributed by atoms with Crippen LogP contribution in [0.2, 0.25) is 0 Å². The van der Waals surface area contributed by atoms with Crippen LogP contribution in [0.5, 0.6) is 0 Å². The number of amides is 3. The molecule has 2 aromatic carbocycles. The molecular formula is C47H52FN11O4. The molecule has 3 aromatic heterocycles. The summed E-state index contributed by atoms with van der Waals surface area (Å²) in [6.07, 6.45) is 7.81. The number of likely N-dealkylation sites (tertiary alicyclic amines) is 1. The number of piperidine rings is 2.